The molecule has 2 heterocycles. The zero-order chi connectivity index (χ0) is 12.3. The first-order chi connectivity index (χ1) is 8.20. The molecule has 0 bridgehead atoms. The number of rotatable bonds is 3. The second kappa shape index (κ2) is 5.47. The van der Waals surface area contributed by atoms with Crippen molar-refractivity contribution in [1.29, 1.82) is 0 Å². The highest BCUT2D eigenvalue weighted by Crippen LogP contribution is 2.20. The van der Waals surface area contributed by atoms with Gasteiger partial charge < -0.3 is 15.0 Å². The standard InChI is InChI=1S/C13H21N3O/c1-10-9-17-11(2)8-16(10)13-6-12(7-14-3)4-5-15-13/h4-6,10-11,14H,7-9H2,1-3H3. The van der Waals surface area contributed by atoms with Crippen LogP contribution in [0.15, 0.2) is 18.3 Å². The van der Waals surface area contributed by atoms with Gasteiger partial charge in [0.2, 0.25) is 0 Å². The minimum atomic E-state index is 0.279. The third-order valence-corrected chi connectivity index (χ3v) is 3.09. The highest BCUT2D eigenvalue weighted by molar-refractivity contribution is 5.42. The summed E-state index contributed by atoms with van der Waals surface area (Å²) >= 11 is 0. The van der Waals surface area contributed by atoms with Crippen LogP contribution >= 0.6 is 0 Å². The molecule has 1 aromatic heterocycles. The summed E-state index contributed by atoms with van der Waals surface area (Å²) in [7, 11) is 1.96. The second-order valence-electron chi connectivity index (χ2n) is 4.70. The van der Waals surface area contributed by atoms with E-state index >= 15 is 0 Å². The lowest BCUT2D eigenvalue weighted by atomic mass is 10.2. The Morgan fingerprint density at radius 3 is 3.12 bits per heavy atom. The predicted octanol–water partition coefficient (Wildman–Crippen LogP) is 1.41. The zero-order valence-corrected chi connectivity index (χ0v) is 10.8. The summed E-state index contributed by atoms with van der Waals surface area (Å²) in [6, 6.07) is 4.60. The smallest absolute Gasteiger partial charge is 0.129 e. The maximum Gasteiger partial charge on any atom is 0.129 e. The monoisotopic (exact) mass is 235 g/mol. The van der Waals surface area contributed by atoms with E-state index in [0.717, 1.165) is 25.5 Å². The number of anilines is 1. The average molecular weight is 235 g/mol. The minimum absolute atomic E-state index is 0.279. The quantitative estimate of drug-likeness (QED) is 0.859. The van der Waals surface area contributed by atoms with Crippen molar-refractivity contribution >= 4 is 5.82 Å². The Morgan fingerprint density at radius 2 is 2.35 bits per heavy atom. The summed E-state index contributed by atoms with van der Waals surface area (Å²) in [6.07, 6.45) is 2.16. The van der Waals surface area contributed by atoms with Crippen molar-refractivity contribution in [3.8, 4) is 0 Å². The molecule has 1 N–H and O–H groups in total. The van der Waals surface area contributed by atoms with E-state index in [0.29, 0.717) is 6.04 Å². The van der Waals surface area contributed by atoms with Crippen molar-refractivity contribution in [1.82, 2.24) is 10.3 Å². The Balaban J connectivity index is 2.16. The normalized spacial score (nSPS) is 25.0. The molecule has 94 valence electrons. The topological polar surface area (TPSA) is 37.4 Å². The van der Waals surface area contributed by atoms with E-state index in [2.05, 4.69) is 41.2 Å². The molecule has 2 atom stereocenters. The second-order valence-corrected chi connectivity index (χ2v) is 4.70. The highest BCUT2D eigenvalue weighted by atomic mass is 16.5. The summed E-state index contributed by atoms with van der Waals surface area (Å²) in [4.78, 5) is 6.80. The van der Waals surface area contributed by atoms with Crippen molar-refractivity contribution in [2.45, 2.75) is 32.5 Å². The van der Waals surface area contributed by atoms with Gasteiger partial charge >= 0.3 is 0 Å². The van der Waals surface area contributed by atoms with Crippen LogP contribution in [0.5, 0.6) is 0 Å². The third kappa shape index (κ3) is 2.96. The minimum Gasteiger partial charge on any atom is -0.375 e. The molecule has 0 spiro atoms. The molecule has 2 rings (SSSR count). The van der Waals surface area contributed by atoms with Gasteiger partial charge in [-0.3, -0.25) is 0 Å². The highest BCUT2D eigenvalue weighted by Gasteiger charge is 2.24. The summed E-state index contributed by atoms with van der Waals surface area (Å²) in [5.74, 6) is 1.06. The van der Waals surface area contributed by atoms with Gasteiger partial charge in [0.15, 0.2) is 0 Å². The molecule has 17 heavy (non-hydrogen) atoms. The van der Waals surface area contributed by atoms with E-state index in [4.69, 9.17) is 4.74 Å². The summed E-state index contributed by atoms with van der Waals surface area (Å²) in [5.41, 5.74) is 1.27. The molecular weight excluding hydrogens is 214 g/mol. The molecule has 1 aromatic rings. The van der Waals surface area contributed by atoms with Crippen LogP contribution in [0, 0.1) is 0 Å². The van der Waals surface area contributed by atoms with Gasteiger partial charge in [0, 0.05) is 19.3 Å². The lowest BCUT2D eigenvalue weighted by molar-refractivity contribution is 0.0340. The van der Waals surface area contributed by atoms with E-state index in [1.165, 1.54) is 5.56 Å². The fraction of sp³-hybridized carbons (Fsp3) is 0.615. The van der Waals surface area contributed by atoms with Crippen molar-refractivity contribution < 1.29 is 4.74 Å². The Bertz CT molecular complexity index is 369. The van der Waals surface area contributed by atoms with E-state index < -0.39 is 0 Å². The van der Waals surface area contributed by atoms with Crippen molar-refractivity contribution in [3.63, 3.8) is 0 Å². The molecule has 0 amide bonds. The van der Waals surface area contributed by atoms with Crippen molar-refractivity contribution in [2.75, 3.05) is 25.1 Å². The van der Waals surface area contributed by atoms with Gasteiger partial charge in [-0.2, -0.15) is 0 Å². The molecule has 0 aromatic carbocycles. The van der Waals surface area contributed by atoms with E-state index in [9.17, 15) is 0 Å². The fourth-order valence-corrected chi connectivity index (χ4v) is 2.15. The molecule has 4 heteroatoms. The van der Waals surface area contributed by atoms with Crippen LogP contribution in [-0.2, 0) is 11.3 Å². The summed E-state index contributed by atoms with van der Waals surface area (Å²) in [6.45, 7) is 6.86. The molecule has 2 unspecified atom stereocenters. The van der Waals surface area contributed by atoms with Gasteiger partial charge in [-0.15, -0.1) is 0 Å². The largest absolute Gasteiger partial charge is 0.375 e. The molecule has 0 radical (unpaired) electrons. The van der Waals surface area contributed by atoms with Crippen LogP contribution < -0.4 is 10.2 Å². The van der Waals surface area contributed by atoms with Gasteiger partial charge in [0.25, 0.3) is 0 Å². The molecule has 1 aliphatic rings. The number of hydrogen-bond donors (Lipinski definition) is 1. The third-order valence-electron chi connectivity index (χ3n) is 3.09. The number of aromatic nitrogens is 1. The summed E-state index contributed by atoms with van der Waals surface area (Å²) in [5, 5.41) is 3.16. The van der Waals surface area contributed by atoms with Crippen molar-refractivity contribution in [3.05, 3.63) is 23.9 Å². The Hall–Kier alpha value is -1.13. The number of morpholine rings is 1. The lowest BCUT2D eigenvalue weighted by Gasteiger charge is -2.37. The van der Waals surface area contributed by atoms with Gasteiger partial charge in [-0.25, -0.2) is 4.98 Å². The molecule has 0 saturated carbocycles. The van der Waals surface area contributed by atoms with E-state index in [-0.39, 0.29) is 6.10 Å². The van der Waals surface area contributed by atoms with Crippen LogP contribution in [0.25, 0.3) is 0 Å². The lowest BCUT2D eigenvalue weighted by Crippen LogP contribution is -2.47. The van der Waals surface area contributed by atoms with Gasteiger partial charge in [-0.1, -0.05) is 0 Å². The van der Waals surface area contributed by atoms with E-state index in [1.54, 1.807) is 0 Å². The molecular formula is C13H21N3O. The van der Waals surface area contributed by atoms with Crippen molar-refractivity contribution in [2.24, 2.45) is 0 Å². The SMILES string of the molecule is CNCc1ccnc(N2CC(C)OCC2C)c1. The van der Waals surface area contributed by atoms with Gasteiger partial charge in [-0.05, 0) is 38.6 Å². The molecule has 1 saturated heterocycles. The van der Waals surface area contributed by atoms with E-state index in [1.807, 2.05) is 13.2 Å². The van der Waals surface area contributed by atoms with Crippen LogP contribution in [0.3, 0.4) is 0 Å². The molecule has 1 aliphatic heterocycles. The predicted molar refractivity (Wildman–Crippen MR) is 69.2 cm³/mol. The van der Waals surface area contributed by atoms with Crippen LogP contribution in [0.2, 0.25) is 0 Å². The van der Waals surface area contributed by atoms with Gasteiger partial charge in [0.05, 0.1) is 18.8 Å². The number of nitrogens with zero attached hydrogens (tertiary/aromatic N) is 2. The maximum atomic E-state index is 5.64. The Labute approximate surface area is 103 Å². The van der Waals surface area contributed by atoms with Crippen LogP contribution in [0.1, 0.15) is 19.4 Å². The number of nitrogens with one attached hydrogen (secondary N) is 1. The zero-order valence-electron chi connectivity index (χ0n) is 10.8. The molecule has 4 nitrogen and oxygen atoms in total. The van der Waals surface area contributed by atoms with Crippen LogP contribution in [0.4, 0.5) is 5.82 Å². The number of hydrogen-bond acceptors (Lipinski definition) is 4. The Kier molecular flexibility index (Phi) is 3.97. The molecule has 1 fully saturated rings. The fourth-order valence-electron chi connectivity index (χ4n) is 2.15. The summed E-state index contributed by atoms with van der Waals surface area (Å²) < 4.78 is 5.64. The van der Waals surface area contributed by atoms with Crippen LogP contribution in [-0.4, -0.2) is 37.3 Å². The first-order valence-electron chi connectivity index (χ1n) is 6.18. The average Bonchev–Trinajstić information content (AvgIpc) is 2.33. The molecule has 0 aliphatic carbocycles. The first kappa shape index (κ1) is 12.3. The first-order valence-corrected chi connectivity index (χ1v) is 6.18. The number of ether oxygens (including phenoxy) is 1. The Morgan fingerprint density at radius 1 is 1.53 bits per heavy atom. The number of pyridine rings is 1. The van der Waals surface area contributed by atoms with Gasteiger partial charge in [0.1, 0.15) is 5.82 Å². The maximum absolute atomic E-state index is 5.64.